The average Bonchev–Trinajstić information content (AvgIpc) is 3.52. The number of nitrogens with one attached hydrogen (secondary N) is 1. The first-order valence-electron chi connectivity index (χ1n) is 14.6. The Morgan fingerprint density at radius 2 is 1.62 bits per heavy atom. The summed E-state index contributed by atoms with van der Waals surface area (Å²) < 4.78 is 0. The molecule has 0 aliphatic carbocycles. The number of nitrogens with zero attached hydrogens (tertiary/aromatic N) is 2. The summed E-state index contributed by atoms with van der Waals surface area (Å²) in [6.45, 7) is 8.74. The Kier molecular flexibility index (Phi) is 8.30. The van der Waals surface area contributed by atoms with Gasteiger partial charge in [0.25, 0.3) is 0 Å². The van der Waals surface area contributed by atoms with E-state index in [9.17, 15) is 9.90 Å². The molecule has 1 aromatic heterocycles. The number of aromatic amines is 1. The van der Waals surface area contributed by atoms with Crippen LogP contribution in [0, 0.1) is 11.8 Å². The van der Waals surface area contributed by atoms with Gasteiger partial charge in [0.1, 0.15) is 6.10 Å². The molecule has 4 aromatic carbocycles. The van der Waals surface area contributed by atoms with Crippen LogP contribution in [0.2, 0.25) is 0 Å². The minimum Gasteiger partial charge on any atom is -0.380 e. The molecule has 210 valence electrons. The number of aliphatic hydroxyl groups is 1. The zero-order chi connectivity index (χ0) is 28.9. The zero-order valence-electron chi connectivity index (χ0n) is 23.9. The van der Waals surface area contributed by atoms with Crippen molar-refractivity contribution in [2.45, 2.75) is 19.6 Å². The molecule has 1 aliphatic heterocycles. The maximum Gasteiger partial charge on any atom is 0.196 e. The molecule has 2 N–H and O–H groups in total. The number of Topliss-reactive ketones (excluding diaryl/α,β-unsaturated/α-hetero) is 1. The quantitative estimate of drug-likeness (QED) is 0.184. The maximum absolute atomic E-state index is 13.7. The Morgan fingerprint density at radius 1 is 0.857 bits per heavy atom. The number of hydrogen-bond donors (Lipinski definition) is 2. The largest absolute Gasteiger partial charge is 0.380 e. The van der Waals surface area contributed by atoms with E-state index in [-0.39, 0.29) is 5.78 Å². The number of aromatic nitrogens is 1. The summed E-state index contributed by atoms with van der Waals surface area (Å²) in [4.78, 5) is 22.0. The molecular weight excluding hydrogens is 518 g/mol. The molecule has 1 unspecified atom stereocenters. The third-order valence-corrected chi connectivity index (χ3v) is 8.15. The fraction of sp³-hybridized carbons (Fsp3) is 0.216. The highest BCUT2D eigenvalue weighted by atomic mass is 16.3. The number of benzene rings is 4. The number of likely N-dealkylation sites (N-methyl/N-ethyl adjacent to an activating group) is 1. The van der Waals surface area contributed by atoms with Crippen LogP contribution in [0.25, 0.3) is 22.0 Å². The molecule has 6 rings (SSSR count). The van der Waals surface area contributed by atoms with E-state index in [1.807, 2.05) is 60.8 Å². The Labute approximate surface area is 247 Å². The summed E-state index contributed by atoms with van der Waals surface area (Å²) in [7, 11) is 0. The molecule has 5 nitrogen and oxygen atoms in total. The molecule has 2 heterocycles. The van der Waals surface area contributed by atoms with E-state index in [1.54, 1.807) is 18.2 Å². The number of ketones is 1. The van der Waals surface area contributed by atoms with Gasteiger partial charge in [-0.3, -0.25) is 9.69 Å². The van der Waals surface area contributed by atoms with Crippen molar-refractivity contribution in [1.82, 2.24) is 14.8 Å². The van der Waals surface area contributed by atoms with Gasteiger partial charge in [0.05, 0.1) is 0 Å². The molecule has 0 spiro atoms. The predicted molar refractivity (Wildman–Crippen MR) is 169 cm³/mol. The van der Waals surface area contributed by atoms with Crippen molar-refractivity contribution >= 4 is 16.7 Å². The summed E-state index contributed by atoms with van der Waals surface area (Å²) in [5.74, 6) is 6.32. The lowest BCUT2D eigenvalue weighted by Crippen LogP contribution is -2.45. The molecule has 5 aromatic rings. The number of carbonyl (C=O) groups excluding carboxylic acids is 1. The number of rotatable bonds is 7. The second-order valence-corrected chi connectivity index (χ2v) is 10.8. The molecule has 5 heteroatoms. The third kappa shape index (κ3) is 6.07. The summed E-state index contributed by atoms with van der Waals surface area (Å²) in [6.07, 6.45) is 0.639. The van der Waals surface area contributed by atoms with Crippen molar-refractivity contribution in [3.8, 4) is 23.0 Å². The number of carbonyl (C=O) groups is 1. The van der Waals surface area contributed by atoms with Gasteiger partial charge in [-0.05, 0) is 59.0 Å². The molecule has 0 radical (unpaired) electrons. The number of piperazine rings is 1. The molecule has 0 saturated carbocycles. The van der Waals surface area contributed by atoms with Gasteiger partial charge in [0.2, 0.25) is 0 Å². The van der Waals surface area contributed by atoms with Gasteiger partial charge >= 0.3 is 0 Å². The van der Waals surface area contributed by atoms with Gasteiger partial charge in [0.15, 0.2) is 5.78 Å². The first kappa shape index (κ1) is 27.7. The van der Waals surface area contributed by atoms with Crippen LogP contribution < -0.4 is 0 Å². The lowest BCUT2D eigenvalue weighted by Gasteiger charge is -2.34. The van der Waals surface area contributed by atoms with Gasteiger partial charge in [-0.2, -0.15) is 0 Å². The van der Waals surface area contributed by atoms with E-state index in [1.165, 1.54) is 5.56 Å². The fourth-order valence-corrected chi connectivity index (χ4v) is 5.66. The number of fused-ring (bicyclic) bond motifs is 1. The Morgan fingerprint density at radius 3 is 2.38 bits per heavy atom. The molecule has 1 atom stereocenters. The number of hydrogen-bond acceptors (Lipinski definition) is 4. The summed E-state index contributed by atoms with van der Waals surface area (Å²) in [6, 6.07) is 31.2. The Balaban J connectivity index is 1.31. The topological polar surface area (TPSA) is 59.6 Å². The van der Waals surface area contributed by atoms with E-state index >= 15 is 0 Å². The number of aliphatic hydroxyl groups excluding tert-OH is 1. The summed E-state index contributed by atoms with van der Waals surface area (Å²) in [5.41, 5.74) is 6.53. The van der Waals surface area contributed by atoms with Crippen LogP contribution in [0.15, 0.2) is 103 Å². The van der Waals surface area contributed by atoms with E-state index in [0.29, 0.717) is 11.1 Å². The van der Waals surface area contributed by atoms with Crippen molar-refractivity contribution in [1.29, 1.82) is 0 Å². The van der Waals surface area contributed by atoms with Crippen molar-refractivity contribution < 1.29 is 9.90 Å². The first-order valence-corrected chi connectivity index (χ1v) is 14.6. The highest BCUT2D eigenvalue weighted by molar-refractivity contribution is 6.07. The minimum absolute atomic E-state index is 0.351. The van der Waals surface area contributed by atoms with Gasteiger partial charge < -0.3 is 15.0 Å². The molecular formula is C37H35N3O2. The molecule has 0 bridgehead atoms. The van der Waals surface area contributed by atoms with Crippen molar-refractivity contribution in [3.05, 3.63) is 131 Å². The highest BCUT2D eigenvalue weighted by Crippen LogP contribution is 2.33. The lowest BCUT2D eigenvalue weighted by atomic mass is 9.89. The molecule has 42 heavy (non-hydrogen) atoms. The van der Waals surface area contributed by atoms with Crippen LogP contribution >= 0.6 is 0 Å². The van der Waals surface area contributed by atoms with Crippen LogP contribution in [-0.4, -0.2) is 58.4 Å². The summed E-state index contributed by atoms with van der Waals surface area (Å²) in [5, 5.41) is 12.1. The molecule has 1 fully saturated rings. The van der Waals surface area contributed by atoms with Gasteiger partial charge in [0, 0.05) is 66.7 Å². The second kappa shape index (κ2) is 12.6. The van der Waals surface area contributed by atoms with Gasteiger partial charge in [-0.1, -0.05) is 85.5 Å². The van der Waals surface area contributed by atoms with Crippen LogP contribution in [0.5, 0.6) is 0 Å². The van der Waals surface area contributed by atoms with Crippen LogP contribution in [0.4, 0.5) is 0 Å². The fourth-order valence-electron chi connectivity index (χ4n) is 5.66. The minimum atomic E-state index is -1.26. The maximum atomic E-state index is 13.7. The van der Waals surface area contributed by atoms with Crippen LogP contribution in [-0.2, 0) is 6.54 Å². The Hall–Kier alpha value is -4.47. The SMILES string of the molecule is CCN1CCN(Cc2ccc(C#Cc3cccc(C(=O)C(O)c4ccccc4)c3-c3ccc4cc[nH]c4c3)cc2)CC1. The normalized spacial score (nSPS) is 14.8. The van der Waals surface area contributed by atoms with E-state index in [4.69, 9.17) is 0 Å². The standard InChI is InChI=1S/C37H35N3O2/c1-2-39-21-23-40(24-22-39)26-28-13-11-27(12-14-28)15-16-30-9-6-10-33(37(42)36(41)31-7-4-3-5-8-31)35(30)32-18-17-29-19-20-38-34(29)25-32/h3-14,17-20,25,36,38,41H,2,21-24,26H2,1H3. The first-order chi connectivity index (χ1) is 20.6. The molecule has 1 saturated heterocycles. The van der Waals surface area contributed by atoms with Crippen molar-refractivity contribution in [2.75, 3.05) is 32.7 Å². The van der Waals surface area contributed by atoms with E-state index in [2.05, 4.69) is 57.8 Å². The highest BCUT2D eigenvalue weighted by Gasteiger charge is 2.24. The monoisotopic (exact) mass is 553 g/mol. The lowest BCUT2D eigenvalue weighted by molar-refractivity contribution is 0.0748. The molecule has 1 aliphatic rings. The van der Waals surface area contributed by atoms with Crippen LogP contribution in [0.3, 0.4) is 0 Å². The smallest absolute Gasteiger partial charge is 0.196 e. The number of H-pyrrole nitrogens is 1. The van der Waals surface area contributed by atoms with Gasteiger partial charge in [-0.15, -0.1) is 0 Å². The van der Waals surface area contributed by atoms with Gasteiger partial charge in [-0.25, -0.2) is 0 Å². The Bertz CT molecular complexity index is 1740. The third-order valence-electron chi connectivity index (χ3n) is 8.15. The van der Waals surface area contributed by atoms with E-state index < -0.39 is 6.10 Å². The van der Waals surface area contributed by atoms with Crippen molar-refractivity contribution in [3.63, 3.8) is 0 Å². The zero-order valence-corrected chi connectivity index (χ0v) is 23.9. The predicted octanol–water partition coefficient (Wildman–Crippen LogP) is 6.29. The summed E-state index contributed by atoms with van der Waals surface area (Å²) >= 11 is 0. The van der Waals surface area contributed by atoms with Crippen molar-refractivity contribution in [2.24, 2.45) is 0 Å². The average molecular weight is 554 g/mol. The second-order valence-electron chi connectivity index (χ2n) is 10.8. The van der Waals surface area contributed by atoms with Crippen LogP contribution in [0.1, 0.15) is 45.6 Å². The van der Waals surface area contributed by atoms with E-state index in [0.717, 1.165) is 72.4 Å². The molecule has 0 amide bonds.